The Morgan fingerprint density at radius 3 is 2.80 bits per heavy atom. The molecule has 2 rings (SSSR count). The van der Waals surface area contributed by atoms with Crippen molar-refractivity contribution in [2.75, 3.05) is 18.5 Å². The maximum atomic E-state index is 9.94. The zero-order valence-corrected chi connectivity index (χ0v) is 12.8. The predicted octanol–water partition coefficient (Wildman–Crippen LogP) is 3.77. The van der Waals surface area contributed by atoms with Crippen molar-refractivity contribution in [2.45, 2.75) is 51.2 Å². The number of anilines is 1. The highest BCUT2D eigenvalue weighted by atomic mass is 35.5. The molecule has 3 nitrogen and oxygen atoms in total. The molecule has 1 aliphatic carbocycles. The van der Waals surface area contributed by atoms with Crippen LogP contribution in [0, 0.1) is 6.92 Å². The van der Waals surface area contributed by atoms with Crippen molar-refractivity contribution in [1.29, 1.82) is 0 Å². The molecule has 0 saturated heterocycles. The molecule has 0 bridgehead atoms. The highest BCUT2D eigenvalue weighted by molar-refractivity contribution is 6.31. The Morgan fingerprint density at radius 1 is 1.35 bits per heavy atom. The van der Waals surface area contributed by atoms with E-state index < -0.39 is 6.10 Å². The third kappa shape index (κ3) is 4.97. The van der Waals surface area contributed by atoms with Crippen LogP contribution in [0.2, 0.25) is 5.02 Å². The number of aryl methyl sites for hydroxylation is 1. The molecule has 4 heteroatoms. The first-order valence-corrected chi connectivity index (χ1v) is 7.82. The normalized spacial score (nSPS) is 17.9. The Hall–Kier alpha value is -0.770. The van der Waals surface area contributed by atoms with Crippen molar-refractivity contribution >= 4 is 17.3 Å². The zero-order chi connectivity index (χ0) is 14.4. The van der Waals surface area contributed by atoms with E-state index in [0.717, 1.165) is 29.1 Å². The summed E-state index contributed by atoms with van der Waals surface area (Å²) in [4.78, 5) is 0. The highest BCUT2D eigenvalue weighted by Crippen LogP contribution is 2.21. The van der Waals surface area contributed by atoms with Gasteiger partial charge < -0.3 is 15.2 Å². The molecule has 1 unspecified atom stereocenters. The summed E-state index contributed by atoms with van der Waals surface area (Å²) in [5.74, 6) is 0. The van der Waals surface area contributed by atoms with Crippen molar-refractivity contribution < 1.29 is 9.84 Å². The van der Waals surface area contributed by atoms with Crippen molar-refractivity contribution in [1.82, 2.24) is 0 Å². The van der Waals surface area contributed by atoms with E-state index in [2.05, 4.69) is 5.32 Å². The van der Waals surface area contributed by atoms with Gasteiger partial charge in [0, 0.05) is 17.3 Å². The molecule has 0 aliphatic heterocycles. The molecule has 1 aromatic carbocycles. The van der Waals surface area contributed by atoms with Crippen LogP contribution in [-0.2, 0) is 4.74 Å². The number of aliphatic hydroxyl groups excluding tert-OH is 1. The first-order chi connectivity index (χ1) is 9.65. The van der Waals surface area contributed by atoms with Crippen LogP contribution < -0.4 is 5.32 Å². The van der Waals surface area contributed by atoms with Crippen LogP contribution in [0.5, 0.6) is 0 Å². The highest BCUT2D eigenvalue weighted by Gasteiger charge is 2.15. The van der Waals surface area contributed by atoms with Gasteiger partial charge in [-0.15, -0.1) is 0 Å². The summed E-state index contributed by atoms with van der Waals surface area (Å²) in [7, 11) is 0. The fourth-order valence-electron chi connectivity index (χ4n) is 2.48. The number of aliphatic hydroxyl groups is 1. The molecule has 20 heavy (non-hydrogen) atoms. The van der Waals surface area contributed by atoms with E-state index in [1.54, 1.807) is 0 Å². The quantitative estimate of drug-likeness (QED) is 0.840. The van der Waals surface area contributed by atoms with E-state index in [1.807, 2.05) is 25.1 Å². The van der Waals surface area contributed by atoms with Gasteiger partial charge in [-0.2, -0.15) is 0 Å². The van der Waals surface area contributed by atoms with Gasteiger partial charge in [0.15, 0.2) is 0 Å². The summed E-state index contributed by atoms with van der Waals surface area (Å²) in [6, 6.07) is 5.82. The minimum Gasteiger partial charge on any atom is -0.389 e. The van der Waals surface area contributed by atoms with Crippen LogP contribution in [0.1, 0.15) is 37.7 Å². The Bertz CT molecular complexity index is 419. The SMILES string of the molecule is Cc1ccc(NCC(O)COC2CCCCC2)cc1Cl. The van der Waals surface area contributed by atoms with Gasteiger partial charge >= 0.3 is 0 Å². The number of benzene rings is 1. The molecular formula is C16H24ClNO2. The van der Waals surface area contributed by atoms with Gasteiger partial charge in [0.1, 0.15) is 0 Å². The maximum absolute atomic E-state index is 9.94. The summed E-state index contributed by atoms with van der Waals surface area (Å²) in [5, 5.41) is 13.9. The molecule has 1 atom stereocenters. The summed E-state index contributed by atoms with van der Waals surface area (Å²) in [6.07, 6.45) is 5.94. The molecule has 2 N–H and O–H groups in total. The Balaban J connectivity index is 1.68. The average Bonchev–Trinajstić information content (AvgIpc) is 2.47. The smallest absolute Gasteiger partial charge is 0.0945 e. The van der Waals surface area contributed by atoms with Gasteiger partial charge in [-0.3, -0.25) is 0 Å². The number of ether oxygens (including phenoxy) is 1. The molecule has 0 amide bonds. The molecule has 1 aliphatic rings. The topological polar surface area (TPSA) is 41.5 Å². The fraction of sp³-hybridized carbons (Fsp3) is 0.625. The maximum Gasteiger partial charge on any atom is 0.0945 e. The lowest BCUT2D eigenvalue weighted by Gasteiger charge is -2.23. The molecule has 0 aromatic heterocycles. The molecule has 112 valence electrons. The van der Waals surface area contributed by atoms with E-state index >= 15 is 0 Å². The Labute approximate surface area is 126 Å². The van der Waals surface area contributed by atoms with E-state index in [4.69, 9.17) is 16.3 Å². The van der Waals surface area contributed by atoms with E-state index in [9.17, 15) is 5.11 Å². The standard InChI is InChI=1S/C16H24ClNO2/c1-12-7-8-13(9-16(12)17)18-10-14(19)11-20-15-5-3-2-4-6-15/h7-9,14-15,18-19H,2-6,10-11H2,1H3. The van der Waals surface area contributed by atoms with E-state index in [1.165, 1.54) is 19.3 Å². The van der Waals surface area contributed by atoms with E-state index in [-0.39, 0.29) is 0 Å². The Kier molecular flexibility index (Phi) is 6.14. The largest absolute Gasteiger partial charge is 0.389 e. The third-order valence-electron chi connectivity index (χ3n) is 3.79. The van der Waals surface area contributed by atoms with Gasteiger partial charge in [-0.1, -0.05) is 36.9 Å². The van der Waals surface area contributed by atoms with Gasteiger partial charge in [0.2, 0.25) is 0 Å². The number of rotatable bonds is 6. The second-order valence-electron chi connectivity index (χ2n) is 5.59. The fourth-order valence-corrected chi connectivity index (χ4v) is 2.66. The number of hydrogen-bond acceptors (Lipinski definition) is 3. The van der Waals surface area contributed by atoms with Crippen LogP contribution in [0.3, 0.4) is 0 Å². The van der Waals surface area contributed by atoms with Crippen molar-refractivity contribution in [3.63, 3.8) is 0 Å². The number of hydrogen-bond donors (Lipinski definition) is 2. The summed E-state index contributed by atoms with van der Waals surface area (Å²) in [5.41, 5.74) is 1.98. The number of nitrogens with one attached hydrogen (secondary N) is 1. The summed E-state index contributed by atoms with van der Waals surface area (Å²) in [6.45, 7) is 2.85. The van der Waals surface area contributed by atoms with Crippen LogP contribution in [0.25, 0.3) is 0 Å². The van der Waals surface area contributed by atoms with Crippen LogP contribution in [-0.4, -0.2) is 30.5 Å². The Morgan fingerprint density at radius 2 is 2.10 bits per heavy atom. The summed E-state index contributed by atoms with van der Waals surface area (Å²) < 4.78 is 5.76. The first kappa shape index (κ1) is 15.6. The van der Waals surface area contributed by atoms with Crippen molar-refractivity contribution in [3.8, 4) is 0 Å². The molecule has 1 saturated carbocycles. The second-order valence-corrected chi connectivity index (χ2v) is 6.00. The minimum absolute atomic E-state index is 0.340. The van der Waals surface area contributed by atoms with Crippen LogP contribution in [0.15, 0.2) is 18.2 Å². The molecular weight excluding hydrogens is 274 g/mol. The predicted molar refractivity (Wildman–Crippen MR) is 83.5 cm³/mol. The minimum atomic E-state index is -0.489. The third-order valence-corrected chi connectivity index (χ3v) is 4.20. The molecule has 1 aromatic rings. The average molecular weight is 298 g/mol. The van der Waals surface area contributed by atoms with Gasteiger partial charge in [0.25, 0.3) is 0 Å². The van der Waals surface area contributed by atoms with Crippen LogP contribution in [0.4, 0.5) is 5.69 Å². The lowest BCUT2D eigenvalue weighted by Crippen LogP contribution is -2.28. The van der Waals surface area contributed by atoms with E-state index in [0.29, 0.717) is 19.3 Å². The monoisotopic (exact) mass is 297 g/mol. The van der Waals surface area contributed by atoms with Gasteiger partial charge in [-0.05, 0) is 37.5 Å². The second kappa shape index (κ2) is 7.87. The molecule has 0 spiro atoms. The molecule has 0 heterocycles. The molecule has 0 radical (unpaired) electrons. The first-order valence-electron chi connectivity index (χ1n) is 7.45. The zero-order valence-electron chi connectivity index (χ0n) is 12.1. The van der Waals surface area contributed by atoms with Crippen molar-refractivity contribution in [2.24, 2.45) is 0 Å². The lowest BCUT2D eigenvalue weighted by molar-refractivity contribution is -0.0195. The molecule has 1 fully saturated rings. The van der Waals surface area contributed by atoms with Crippen LogP contribution >= 0.6 is 11.6 Å². The summed E-state index contributed by atoms with van der Waals surface area (Å²) >= 11 is 6.06. The van der Waals surface area contributed by atoms with Gasteiger partial charge in [0.05, 0.1) is 18.8 Å². The number of halogens is 1. The van der Waals surface area contributed by atoms with Gasteiger partial charge in [-0.25, -0.2) is 0 Å². The lowest BCUT2D eigenvalue weighted by atomic mass is 9.98. The van der Waals surface area contributed by atoms with Crippen molar-refractivity contribution in [3.05, 3.63) is 28.8 Å².